The molecule has 2 rings (SSSR count). The molecule has 2 nitrogen and oxygen atoms in total. The molecule has 0 bridgehead atoms. The highest BCUT2D eigenvalue weighted by atomic mass is 32.2. The van der Waals surface area contributed by atoms with Crippen LogP contribution in [-0.4, -0.2) is 18.1 Å². The maximum absolute atomic E-state index is 13.6. The largest absolute Gasteiger partial charge is 0.497 e. The van der Waals surface area contributed by atoms with Crippen LogP contribution in [0.25, 0.3) is 0 Å². The Kier molecular flexibility index (Phi) is 4.96. The fraction of sp³-hybridized carbons (Fsp3) is 0.188. The number of thioether (sulfide) groups is 1. The molecule has 0 saturated carbocycles. The average Bonchev–Trinajstić information content (AvgIpc) is 2.49. The zero-order valence-electron chi connectivity index (χ0n) is 11.6. The van der Waals surface area contributed by atoms with Crippen LogP contribution in [0.3, 0.4) is 0 Å². The minimum atomic E-state index is -0.658. The van der Waals surface area contributed by atoms with E-state index in [1.165, 1.54) is 12.1 Å². The van der Waals surface area contributed by atoms with Crippen LogP contribution in [0.4, 0.5) is 8.78 Å². The van der Waals surface area contributed by atoms with E-state index in [4.69, 9.17) is 4.74 Å². The highest BCUT2D eigenvalue weighted by molar-refractivity contribution is 8.00. The summed E-state index contributed by atoms with van der Waals surface area (Å²) in [7, 11) is 1.55. The summed E-state index contributed by atoms with van der Waals surface area (Å²) in [5.41, 5.74) is 0.526. The Labute approximate surface area is 126 Å². The van der Waals surface area contributed by atoms with Crippen LogP contribution < -0.4 is 4.74 Å². The topological polar surface area (TPSA) is 26.3 Å². The maximum atomic E-state index is 13.6. The van der Waals surface area contributed by atoms with Crippen molar-refractivity contribution in [3.05, 3.63) is 59.7 Å². The summed E-state index contributed by atoms with van der Waals surface area (Å²) >= 11 is 1.07. The number of rotatable bonds is 5. The fourth-order valence-electron chi connectivity index (χ4n) is 1.80. The van der Waals surface area contributed by atoms with Gasteiger partial charge in [-0.2, -0.15) is 0 Å². The van der Waals surface area contributed by atoms with E-state index in [0.29, 0.717) is 11.3 Å². The van der Waals surface area contributed by atoms with Crippen molar-refractivity contribution in [2.45, 2.75) is 17.1 Å². The third kappa shape index (κ3) is 3.82. The molecule has 1 atom stereocenters. The first-order valence-corrected chi connectivity index (χ1v) is 7.19. The van der Waals surface area contributed by atoms with Gasteiger partial charge in [-0.1, -0.05) is 0 Å². The first-order valence-electron chi connectivity index (χ1n) is 6.31. The molecule has 0 aliphatic rings. The Morgan fingerprint density at radius 3 is 2.38 bits per heavy atom. The molecule has 2 aromatic carbocycles. The number of ether oxygens (including phenoxy) is 1. The van der Waals surface area contributed by atoms with E-state index < -0.39 is 16.9 Å². The third-order valence-electron chi connectivity index (χ3n) is 2.94. The van der Waals surface area contributed by atoms with Crippen molar-refractivity contribution in [1.82, 2.24) is 0 Å². The summed E-state index contributed by atoms with van der Waals surface area (Å²) in [4.78, 5) is 12.5. The molecule has 0 amide bonds. The number of carbonyl (C=O) groups is 1. The highest BCUT2D eigenvalue weighted by Gasteiger charge is 2.18. The van der Waals surface area contributed by atoms with Crippen molar-refractivity contribution in [2.75, 3.05) is 7.11 Å². The quantitative estimate of drug-likeness (QED) is 0.607. The van der Waals surface area contributed by atoms with Gasteiger partial charge < -0.3 is 4.74 Å². The van der Waals surface area contributed by atoms with E-state index in [9.17, 15) is 13.6 Å². The third-order valence-corrected chi connectivity index (χ3v) is 4.09. The van der Waals surface area contributed by atoms with E-state index in [0.717, 1.165) is 17.8 Å². The predicted octanol–water partition coefficient (Wildman–Crippen LogP) is 4.34. The van der Waals surface area contributed by atoms with Crippen molar-refractivity contribution < 1.29 is 18.3 Å². The maximum Gasteiger partial charge on any atom is 0.175 e. The molecule has 0 aromatic heterocycles. The van der Waals surface area contributed by atoms with Gasteiger partial charge in [-0.3, -0.25) is 4.79 Å². The van der Waals surface area contributed by atoms with Gasteiger partial charge in [0.15, 0.2) is 5.78 Å². The summed E-state index contributed by atoms with van der Waals surface area (Å²) in [5.74, 6) is -0.747. The van der Waals surface area contributed by atoms with Crippen LogP contribution in [0.5, 0.6) is 5.75 Å². The van der Waals surface area contributed by atoms with Crippen molar-refractivity contribution >= 4 is 17.5 Å². The standard InChI is InChI=1S/C16H14F2O2S/c1-10(21-15-8-5-12(17)9-14(15)18)16(19)11-3-6-13(20-2)7-4-11/h3-10H,1-2H3. The molecule has 0 N–H and O–H groups in total. The van der Waals surface area contributed by atoms with Crippen LogP contribution in [0.1, 0.15) is 17.3 Å². The van der Waals surface area contributed by atoms with Gasteiger partial charge in [0, 0.05) is 16.5 Å². The van der Waals surface area contributed by atoms with E-state index in [1.54, 1.807) is 38.3 Å². The Bertz CT molecular complexity index is 641. The minimum Gasteiger partial charge on any atom is -0.497 e. The van der Waals surface area contributed by atoms with Crippen LogP contribution in [0.15, 0.2) is 47.4 Å². The minimum absolute atomic E-state index is 0.119. The molecular formula is C16H14F2O2S. The molecule has 0 radical (unpaired) electrons. The molecule has 0 heterocycles. The number of halogens is 2. The lowest BCUT2D eigenvalue weighted by Gasteiger charge is -2.11. The van der Waals surface area contributed by atoms with Gasteiger partial charge in [-0.15, -0.1) is 11.8 Å². The molecule has 0 saturated heterocycles. The molecule has 2 aromatic rings. The monoisotopic (exact) mass is 308 g/mol. The van der Waals surface area contributed by atoms with Crippen molar-refractivity contribution in [2.24, 2.45) is 0 Å². The normalized spacial score (nSPS) is 12.0. The van der Waals surface area contributed by atoms with Crippen molar-refractivity contribution in [3.63, 3.8) is 0 Å². The number of hydrogen-bond acceptors (Lipinski definition) is 3. The molecule has 0 fully saturated rings. The molecule has 110 valence electrons. The highest BCUT2D eigenvalue weighted by Crippen LogP contribution is 2.28. The Morgan fingerprint density at radius 1 is 1.14 bits per heavy atom. The lowest BCUT2D eigenvalue weighted by molar-refractivity contribution is 0.0994. The Balaban J connectivity index is 2.11. The zero-order chi connectivity index (χ0) is 15.4. The SMILES string of the molecule is COc1ccc(C(=O)C(C)Sc2ccc(F)cc2F)cc1. The second-order valence-corrected chi connectivity index (χ2v) is 5.81. The molecular weight excluding hydrogens is 294 g/mol. The summed E-state index contributed by atoms with van der Waals surface area (Å²) in [5, 5.41) is -0.474. The summed E-state index contributed by atoms with van der Waals surface area (Å²) in [6, 6.07) is 10.1. The number of Topliss-reactive ketones (excluding diaryl/α,β-unsaturated/α-hetero) is 1. The molecule has 0 aliphatic carbocycles. The molecule has 5 heteroatoms. The smallest absolute Gasteiger partial charge is 0.175 e. The van der Waals surface area contributed by atoms with Gasteiger partial charge in [0.2, 0.25) is 0 Å². The number of benzene rings is 2. The first kappa shape index (κ1) is 15.5. The lowest BCUT2D eigenvalue weighted by Crippen LogP contribution is -2.13. The molecule has 0 spiro atoms. The number of carbonyl (C=O) groups excluding carboxylic acids is 1. The van der Waals surface area contributed by atoms with Gasteiger partial charge in [-0.25, -0.2) is 8.78 Å². The fourth-order valence-corrected chi connectivity index (χ4v) is 2.75. The average molecular weight is 308 g/mol. The second kappa shape index (κ2) is 6.72. The molecule has 1 unspecified atom stereocenters. The van der Waals surface area contributed by atoms with Gasteiger partial charge >= 0.3 is 0 Å². The van der Waals surface area contributed by atoms with Gasteiger partial charge in [0.25, 0.3) is 0 Å². The lowest BCUT2D eigenvalue weighted by atomic mass is 10.1. The van der Waals surface area contributed by atoms with E-state index >= 15 is 0 Å². The van der Waals surface area contributed by atoms with Gasteiger partial charge in [-0.05, 0) is 43.3 Å². The van der Waals surface area contributed by atoms with Crippen LogP contribution >= 0.6 is 11.8 Å². The van der Waals surface area contributed by atoms with E-state index in [2.05, 4.69) is 0 Å². The van der Waals surface area contributed by atoms with Crippen molar-refractivity contribution in [1.29, 1.82) is 0 Å². The molecule has 21 heavy (non-hydrogen) atoms. The van der Waals surface area contributed by atoms with E-state index in [1.807, 2.05) is 0 Å². The van der Waals surface area contributed by atoms with Crippen LogP contribution in [0.2, 0.25) is 0 Å². The first-order chi connectivity index (χ1) is 10.0. The zero-order valence-corrected chi connectivity index (χ0v) is 12.4. The predicted molar refractivity (Wildman–Crippen MR) is 79.0 cm³/mol. The van der Waals surface area contributed by atoms with Crippen LogP contribution in [-0.2, 0) is 0 Å². The summed E-state index contributed by atoms with van der Waals surface area (Å²) < 4.78 is 31.5. The van der Waals surface area contributed by atoms with Gasteiger partial charge in [0.1, 0.15) is 17.4 Å². The number of ketones is 1. The Morgan fingerprint density at radius 2 is 1.81 bits per heavy atom. The van der Waals surface area contributed by atoms with E-state index in [-0.39, 0.29) is 10.7 Å². The molecule has 0 aliphatic heterocycles. The number of hydrogen-bond donors (Lipinski definition) is 0. The number of methoxy groups -OCH3 is 1. The van der Waals surface area contributed by atoms with Gasteiger partial charge in [0.05, 0.1) is 12.4 Å². The summed E-state index contributed by atoms with van der Waals surface area (Å²) in [6.45, 7) is 1.69. The summed E-state index contributed by atoms with van der Waals surface area (Å²) in [6.07, 6.45) is 0. The van der Waals surface area contributed by atoms with Crippen molar-refractivity contribution in [3.8, 4) is 5.75 Å². The second-order valence-electron chi connectivity index (χ2n) is 4.43. The Hall–Kier alpha value is -1.88. The van der Waals surface area contributed by atoms with Crippen LogP contribution in [0, 0.1) is 11.6 Å².